The Morgan fingerprint density at radius 1 is 0.963 bits per heavy atom. The summed E-state index contributed by atoms with van der Waals surface area (Å²) in [7, 11) is 0. The second-order valence-corrected chi connectivity index (χ2v) is 7.64. The van der Waals surface area contributed by atoms with E-state index in [0.29, 0.717) is 19.1 Å². The molecule has 2 N–H and O–H groups in total. The lowest BCUT2D eigenvalue weighted by atomic mass is 10.0. The Bertz CT molecular complexity index is 506. The van der Waals surface area contributed by atoms with Crippen LogP contribution in [0.5, 0.6) is 0 Å². The number of carbonyl (C=O) groups is 3. The Hall–Kier alpha value is -1.67. The molecule has 154 valence electrons. The highest BCUT2D eigenvalue weighted by atomic mass is 16.2. The number of amides is 4. The van der Waals surface area contributed by atoms with Gasteiger partial charge in [0.1, 0.15) is 0 Å². The van der Waals surface area contributed by atoms with E-state index in [1.807, 2.05) is 16.7 Å². The number of rotatable bonds is 7. The molecule has 2 rings (SSSR count). The predicted octanol–water partition coefficient (Wildman–Crippen LogP) is 0.631. The van der Waals surface area contributed by atoms with Crippen molar-refractivity contribution in [3.05, 3.63) is 0 Å². The number of imide groups is 1. The van der Waals surface area contributed by atoms with Crippen molar-refractivity contribution in [2.24, 2.45) is 0 Å². The summed E-state index contributed by atoms with van der Waals surface area (Å²) < 4.78 is 0. The van der Waals surface area contributed by atoms with Crippen molar-refractivity contribution in [1.82, 2.24) is 25.3 Å². The van der Waals surface area contributed by atoms with Gasteiger partial charge < -0.3 is 10.2 Å². The van der Waals surface area contributed by atoms with E-state index < -0.39 is 6.03 Å². The fraction of sp³-hybridized carbons (Fsp3) is 0.842. The van der Waals surface area contributed by atoms with Gasteiger partial charge in [-0.15, -0.1) is 0 Å². The largest absolute Gasteiger partial charge is 0.339 e. The first-order valence-corrected chi connectivity index (χ1v) is 10.3. The first-order chi connectivity index (χ1) is 13.0. The maximum atomic E-state index is 12.5. The van der Waals surface area contributed by atoms with Crippen LogP contribution in [-0.2, 0) is 9.59 Å². The van der Waals surface area contributed by atoms with Crippen LogP contribution in [0.2, 0.25) is 0 Å². The van der Waals surface area contributed by atoms with Crippen molar-refractivity contribution in [1.29, 1.82) is 0 Å². The zero-order chi connectivity index (χ0) is 19.6. The van der Waals surface area contributed by atoms with Gasteiger partial charge in [-0.2, -0.15) is 0 Å². The number of urea groups is 1. The minimum atomic E-state index is -0.423. The highest BCUT2D eigenvalue weighted by molar-refractivity contribution is 5.95. The fourth-order valence-corrected chi connectivity index (χ4v) is 3.65. The topological polar surface area (TPSA) is 85.0 Å². The molecular formula is C19H35N5O3. The summed E-state index contributed by atoms with van der Waals surface area (Å²) in [6.07, 6.45) is 5.31. The van der Waals surface area contributed by atoms with E-state index in [4.69, 9.17) is 0 Å². The molecule has 0 aliphatic carbocycles. The monoisotopic (exact) mass is 381 g/mol. The van der Waals surface area contributed by atoms with Gasteiger partial charge in [0.05, 0.1) is 13.1 Å². The highest BCUT2D eigenvalue weighted by Gasteiger charge is 2.26. The van der Waals surface area contributed by atoms with Gasteiger partial charge in [-0.3, -0.25) is 24.7 Å². The SMILES string of the molecule is CCCCNC(=O)NC(=O)CN1CCN(CC(=O)N2CCCCC2C)CC1. The number of carbonyl (C=O) groups excluding carboxylic acids is 3. The second kappa shape index (κ2) is 11.2. The van der Waals surface area contributed by atoms with Crippen molar-refractivity contribution < 1.29 is 14.4 Å². The molecule has 0 radical (unpaired) electrons. The van der Waals surface area contributed by atoms with Crippen molar-refractivity contribution in [3.63, 3.8) is 0 Å². The van der Waals surface area contributed by atoms with Crippen LogP contribution in [0.1, 0.15) is 46.0 Å². The molecular weight excluding hydrogens is 346 g/mol. The zero-order valence-corrected chi connectivity index (χ0v) is 16.8. The molecule has 0 bridgehead atoms. The quantitative estimate of drug-likeness (QED) is 0.632. The van der Waals surface area contributed by atoms with E-state index >= 15 is 0 Å². The van der Waals surface area contributed by atoms with Crippen LogP contribution in [0.3, 0.4) is 0 Å². The summed E-state index contributed by atoms with van der Waals surface area (Å²) in [6.45, 7) is 9.31. The number of piperazine rings is 1. The fourth-order valence-electron chi connectivity index (χ4n) is 3.65. The van der Waals surface area contributed by atoms with Gasteiger partial charge in [0, 0.05) is 45.3 Å². The van der Waals surface area contributed by atoms with Crippen LogP contribution >= 0.6 is 0 Å². The second-order valence-electron chi connectivity index (χ2n) is 7.64. The molecule has 0 aromatic heterocycles. The molecule has 0 aromatic rings. The third kappa shape index (κ3) is 7.46. The summed E-state index contributed by atoms with van der Waals surface area (Å²) in [5, 5.41) is 5.05. The van der Waals surface area contributed by atoms with E-state index in [2.05, 4.69) is 22.5 Å². The van der Waals surface area contributed by atoms with Crippen molar-refractivity contribution in [2.75, 3.05) is 52.4 Å². The van der Waals surface area contributed by atoms with Crippen LogP contribution in [-0.4, -0.2) is 90.9 Å². The molecule has 8 nitrogen and oxygen atoms in total. The summed E-state index contributed by atoms with van der Waals surface area (Å²) in [6, 6.07) is -0.0759. The number of unbranched alkanes of at least 4 members (excludes halogenated alkanes) is 1. The van der Waals surface area contributed by atoms with Crippen molar-refractivity contribution in [3.8, 4) is 0 Å². The maximum Gasteiger partial charge on any atom is 0.321 e. The third-order valence-electron chi connectivity index (χ3n) is 5.38. The van der Waals surface area contributed by atoms with Gasteiger partial charge in [-0.05, 0) is 32.6 Å². The van der Waals surface area contributed by atoms with Crippen molar-refractivity contribution >= 4 is 17.8 Å². The minimum absolute atomic E-state index is 0.214. The smallest absolute Gasteiger partial charge is 0.321 e. The van der Waals surface area contributed by atoms with Crippen LogP contribution in [0, 0.1) is 0 Å². The van der Waals surface area contributed by atoms with Crippen LogP contribution in [0.15, 0.2) is 0 Å². The molecule has 8 heteroatoms. The third-order valence-corrected chi connectivity index (χ3v) is 5.38. The lowest BCUT2D eigenvalue weighted by Crippen LogP contribution is -2.54. The minimum Gasteiger partial charge on any atom is -0.339 e. The maximum absolute atomic E-state index is 12.5. The Morgan fingerprint density at radius 2 is 1.63 bits per heavy atom. The van der Waals surface area contributed by atoms with Crippen LogP contribution in [0.4, 0.5) is 4.79 Å². The number of hydrogen-bond donors (Lipinski definition) is 2. The van der Waals surface area contributed by atoms with E-state index in [1.165, 1.54) is 6.42 Å². The highest BCUT2D eigenvalue weighted by Crippen LogP contribution is 2.16. The van der Waals surface area contributed by atoms with E-state index in [9.17, 15) is 14.4 Å². The molecule has 27 heavy (non-hydrogen) atoms. The predicted molar refractivity (Wildman–Crippen MR) is 104 cm³/mol. The van der Waals surface area contributed by atoms with Crippen LogP contribution in [0.25, 0.3) is 0 Å². The molecule has 0 aromatic carbocycles. The van der Waals surface area contributed by atoms with E-state index in [-0.39, 0.29) is 18.4 Å². The van der Waals surface area contributed by atoms with Gasteiger partial charge in [-0.25, -0.2) is 4.79 Å². The number of hydrogen-bond acceptors (Lipinski definition) is 5. The molecule has 2 aliphatic heterocycles. The van der Waals surface area contributed by atoms with E-state index in [0.717, 1.165) is 58.4 Å². The summed E-state index contributed by atoms with van der Waals surface area (Å²) >= 11 is 0. The van der Waals surface area contributed by atoms with Gasteiger partial charge in [-0.1, -0.05) is 13.3 Å². The molecule has 2 fully saturated rings. The average molecular weight is 382 g/mol. The van der Waals surface area contributed by atoms with E-state index in [1.54, 1.807) is 0 Å². The standard InChI is InChI=1S/C19H35N5O3/c1-3-4-8-20-19(27)21-17(25)14-22-10-12-23(13-11-22)15-18(26)24-9-6-5-7-16(24)2/h16H,3-15H2,1-2H3,(H2,20,21,25,27). The molecule has 0 spiro atoms. The summed E-state index contributed by atoms with van der Waals surface area (Å²) in [4.78, 5) is 42.3. The number of likely N-dealkylation sites (tertiary alicyclic amines) is 1. The summed E-state index contributed by atoms with van der Waals surface area (Å²) in [5.41, 5.74) is 0. The van der Waals surface area contributed by atoms with Gasteiger partial charge in [0.15, 0.2) is 0 Å². The number of nitrogens with zero attached hydrogens (tertiary/aromatic N) is 3. The summed E-state index contributed by atoms with van der Waals surface area (Å²) in [5.74, 6) is -0.0622. The molecule has 2 heterocycles. The lowest BCUT2D eigenvalue weighted by molar-refractivity contribution is -0.136. The van der Waals surface area contributed by atoms with Gasteiger partial charge in [0.25, 0.3) is 0 Å². The first kappa shape index (κ1) is 21.6. The lowest BCUT2D eigenvalue weighted by Gasteiger charge is -2.37. The van der Waals surface area contributed by atoms with Crippen molar-refractivity contribution in [2.45, 2.75) is 52.0 Å². The Kier molecular flexibility index (Phi) is 9.00. The Labute approximate surface area is 162 Å². The normalized spacial score (nSPS) is 21.7. The van der Waals surface area contributed by atoms with Gasteiger partial charge in [0.2, 0.25) is 11.8 Å². The molecule has 4 amide bonds. The molecule has 2 aliphatic rings. The molecule has 1 unspecified atom stereocenters. The molecule has 1 atom stereocenters. The Morgan fingerprint density at radius 3 is 2.26 bits per heavy atom. The number of nitrogens with one attached hydrogen (secondary N) is 2. The van der Waals surface area contributed by atoms with Gasteiger partial charge >= 0.3 is 6.03 Å². The molecule has 0 saturated carbocycles. The Balaban J connectivity index is 1.64. The number of piperidine rings is 1. The van der Waals surface area contributed by atoms with Crippen LogP contribution < -0.4 is 10.6 Å². The average Bonchev–Trinajstić information content (AvgIpc) is 2.63. The zero-order valence-electron chi connectivity index (χ0n) is 16.8. The molecule has 2 saturated heterocycles. The first-order valence-electron chi connectivity index (χ1n) is 10.3.